The van der Waals surface area contributed by atoms with Gasteiger partial charge in [-0.25, -0.2) is 4.90 Å². The maximum absolute atomic E-state index is 13.1. The van der Waals surface area contributed by atoms with Crippen LogP contribution in [0.15, 0.2) is 83.8 Å². The van der Waals surface area contributed by atoms with Gasteiger partial charge in [-0.1, -0.05) is 60.1 Å². The van der Waals surface area contributed by atoms with Crippen molar-refractivity contribution >= 4 is 57.2 Å². The molecule has 1 aliphatic rings. The first-order chi connectivity index (χ1) is 15.5. The van der Waals surface area contributed by atoms with E-state index >= 15 is 0 Å². The quantitative estimate of drug-likeness (QED) is 0.312. The van der Waals surface area contributed by atoms with E-state index in [1.807, 2.05) is 36.4 Å². The average Bonchev–Trinajstić information content (AvgIpc) is 3.23. The Balaban J connectivity index is 1.57. The number of benzene rings is 3. The van der Waals surface area contributed by atoms with Crippen LogP contribution in [-0.2, 0) is 11.3 Å². The van der Waals surface area contributed by atoms with E-state index in [0.29, 0.717) is 15.6 Å². The fourth-order valence-corrected chi connectivity index (χ4v) is 4.97. The lowest BCUT2D eigenvalue weighted by atomic mass is 10.1. The number of thioether (sulfide) groups is 1. The fourth-order valence-electron chi connectivity index (χ4n) is 4.02. The van der Waals surface area contributed by atoms with Gasteiger partial charge in [0, 0.05) is 33.7 Å². The van der Waals surface area contributed by atoms with E-state index in [1.165, 1.54) is 10.5 Å². The molecule has 1 aliphatic heterocycles. The number of hydrogen-bond acceptors (Lipinski definition) is 3. The summed E-state index contributed by atoms with van der Waals surface area (Å²) in [5.41, 5.74) is 4.82. The highest BCUT2D eigenvalue weighted by molar-refractivity contribution is 8.19. The SMILES string of the molecule is Cc1c(/C=C2/SC(=O)N(c3ccc(Cl)cc3)C2=O)c2ccccc2n1Cc1ccccc1. The summed E-state index contributed by atoms with van der Waals surface area (Å²) in [7, 11) is 0. The van der Waals surface area contributed by atoms with Crippen molar-refractivity contribution in [3.8, 4) is 0 Å². The van der Waals surface area contributed by atoms with Crippen LogP contribution in [0, 0.1) is 6.92 Å². The molecule has 1 aromatic heterocycles. The maximum atomic E-state index is 13.1. The van der Waals surface area contributed by atoms with Crippen molar-refractivity contribution in [3.63, 3.8) is 0 Å². The molecule has 2 heterocycles. The number of nitrogens with zero attached hydrogens (tertiary/aromatic N) is 2. The van der Waals surface area contributed by atoms with Gasteiger partial charge in [-0.3, -0.25) is 9.59 Å². The summed E-state index contributed by atoms with van der Waals surface area (Å²) in [6.45, 7) is 2.78. The minimum Gasteiger partial charge on any atom is -0.340 e. The van der Waals surface area contributed by atoms with E-state index in [9.17, 15) is 9.59 Å². The van der Waals surface area contributed by atoms with Gasteiger partial charge in [0.15, 0.2) is 0 Å². The molecule has 2 amide bonds. The fraction of sp³-hybridized carbons (Fsp3) is 0.0769. The Morgan fingerprint density at radius 1 is 0.906 bits per heavy atom. The van der Waals surface area contributed by atoms with E-state index in [1.54, 1.807) is 24.3 Å². The summed E-state index contributed by atoms with van der Waals surface area (Å²) in [6.07, 6.45) is 1.85. The van der Waals surface area contributed by atoms with Crippen LogP contribution in [-0.4, -0.2) is 15.7 Å². The van der Waals surface area contributed by atoms with Gasteiger partial charge in [0.1, 0.15) is 0 Å². The molecule has 0 N–H and O–H groups in total. The zero-order valence-corrected chi connectivity index (χ0v) is 18.9. The summed E-state index contributed by atoms with van der Waals surface area (Å²) in [4.78, 5) is 27.4. The Hall–Kier alpha value is -3.28. The van der Waals surface area contributed by atoms with Crippen molar-refractivity contribution in [1.29, 1.82) is 0 Å². The van der Waals surface area contributed by atoms with Gasteiger partial charge in [0.05, 0.1) is 10.6 Å². The van der Waals surface area contributed by atoms with Gasteiger partial charge >= 0.3 is 0 Å². The molecule has 32 heavy (non-hydrogen) atoms. The minimum absolute atomic E-state index is 0.311. The second-order valence-electron chi connectivity index (χ2n) is 7.58. The van der Waals surface area contributed by atoms with Crippen LogP contribution in [0.4, 0.5) is 10.5 Å². The third kappa shape index (κ3) is 3.64. The van der Waals surface area contributed by atoms with Crippen LogP contribution < -0.4 is 4.90 Å². The molecule has 3 aromatic carbocycles. The molecule has 158 valence electrons. The molecule has 4 aromatic rings. The largest absolute Gasteiger partial charge is 0.340 e. The summed E-state index contributed by atoms with van der Waals surface area (Å²) < 4.78 is 2.25. The number of para-hydroxylation sites is 1. The second kappa shape index (κ2) is 8.34. The predicted octanol–water partition coefficient (Wildman–Crippen LogP) is 6.89. The molecular formula is C26H19ClN2O2S. The van der Waals surface area contributed by atoms with Crippen molar-refractivity contribution in [2.45, 2.75) is 13.5 Å². The van der Waals surface area contributed by atoms with Gasteiger partial charge in [0.2, 0.25) is 0 Å². The molecule has 0 saturated carbocycles. The monoisotopic (exact) mass is 458 g/mol. The maximum Gasteiger partial charge on any atom is 0.298 e. The van der Waals surface area contributed by atoms with E-state index in [4.69, 9.17) is 11.6 Å². The Bertz CT molecular complexity index is 1370. The van der Waals surface area contributed by atoms with Crippen LogP contribution in [0.1, 0.15) is 16.8 Å². The summed E-state index contributed by atoms with van der Waals surface area (Å²) >= 11 is 6.92. The lowest BCUT2D eigenvalue weighted by molar-refractivity contribution is -0.113. The number of aromatic nitrogens is 1. The molecule has 6 heteroatoms. The highest BCUT2D eigenvalue weighted by Gasteiger charge is 2.36. The minimum atomic E-state index is -0.318. The van der Waals surface area contributed by atoms with E-state index in [-0.39, 0.29) is 11.1 Å². The molecular weight excluding hydrogens is 440 g/mol. The molecule has 1 saturated heterocycles. The smallest absolute Gasteiger partial charge is 0.298 e. The van der Waals surface area contributed by atoms with Gasteiger partial charge in [-0.15, -0.1) is 0 Å². The van der Waals surface area contributed by atoms with E-state index in [0.717, 1.165) is 40.5 Å². The summed E-state index contributed by atoms with van der Waals surface area (Å²) in [5.74, 6) is -0.318. The van der Waals surface area contributed by atoms with E-state index < -0.39 is 0 Å². The van der Waals surface area contributed by atoms with Crippen LogP contribution >= 0.6 is 23.4 Å². The predicted molar refractivity (Wildman–Crippen MR) is 132 cm³/mol. The number of imide groups is 1. The Morgan fingerprint density at radius 2 is 1.59 bits per heavy atom. The zero-order chi connectivity index (χ0) is 22.2. The number of halogens is 1. The number of anilines is 1. The van der Waals surface area contributed by atoms with Crippen molar-refractivity contribution in [1.82, 2.24) is 4.57 Å². The van der Waals surface area contributed by atoms with Crippen LogP contribution in [0.2, 0.25) is 5.02 Å². The number of hydrogen-bond donors (Lipinski definition) is 0. The molecule has 0 atom stereocenters. The molecule has 0 aliphatic carbocycles. The third-order valence-corrected chi connectivity index (χ3v) is 6.74. The molecule has 1 fully saturated rings. The molecule has 4 nitrogen and oxygen atoms in total. The van der Waals surface area contributed by atoms with Crippen molar-refractivity contribution in [2.24, 2.45) is 0 Å². The number of fused-ring (bicyclic) bond motifs is 1. The van der Waals surface area contributed by atoms with Crippen LogP contribution in [0.5, 0.6) is 0 Å². The highest BCUT2D eigenvalue weighted by Crippen LogP contribution is 2.38. The molecule has 0 radical (unpaired) electrons. The highest BCUT2D eigenvalue weighted by atomic mass is 35.5. The first-order valence-corrected chi connectivity index (χ1v) is 11.4. The zero-order valence-electron chi connectivity index (χ0n) is 17.3. The molecule has 5 rings (SSSR count). The lowest BCUT2D eigenvalue weighted by Crippen LogP contribution is -2.27. The standard InChI is InChI=1S/C26H19ClN2O2S/c1-17-22(15-24-25(30)29(26(31)32-24)20-13-11-19(27)12-14-20)21-9-5-6-10-23(21)28(17)16-18-7-3-2-4-8-18/h2-15H,16H2,1H3/b24-15+. The number of amides is 2. The third-order valence-electron chi connectivity index (χ3n) is 5.62. The summed E-state index contributed by atoms with van der Waals surface area (Å²) in [5, 5.41) is 1.30. The second-order valence-corrected chi connectivity index (χ2v) is 9.01. The number of carbonyl (C=O) groups is 2. The Labute approximate surface area is 195 Å². The number of rotatable bonds is 4. The molecule has 0 spiro atoms. The topological polar surface area (TPSA) is 42.3 Å². The van der Waals surface area contributed by atoms with Crippen LogP contribution in [0.25, 0.3) is 17.0 Å². The number of carbonyl (C=O) groups excluding carboxylic acids is 2. The van der Waals surface area contributed by atoms with Crippen LogP contribution in [0.3, 0.4) is 0 Å². The van der Waals surface area contributed by atoms with Gasteiger partial charge in [-0.2, -0.15) is 0 Å². The lowest BCUT2D eigenvalue weighted by Gasteiger charge is -2.12. The van der Waals surface area contributed by atoms with Gasteiger partial charge < -0.3 is 4.57 Å². The van der Waals surface area contributed by atoms with E-state index in [2.05, 4.69) is 35.8 Å². The van der Waals surface area contributed by atoms with Crippen molar-refractivity contribution < 1.29 is 9.59 Å². The normalized spacial score (nSPS) is 15.3. The Morgan fingerprint density at radius 3 is 2.34 bits per heavy atom. The Kier molecular flexibility index (Phi) is 5.37. The van der Waals surface area contributed by atoms with Gasteiger partial charge in [0.25, 0.3) is 11.1 Å². The molecule has 0 bridgehead atoms. The van der Waals surface area contributed by atoms with Crippen molar-refractivity contribution in [3.05, 3.63) is 106 Å². The first-order valence-electron chi connectivity index (χ1n) is 10.2. The summed E-state index contributed by atoms with van der Waals surface area (Å²) in [6, 6.07) is 25.1. The van der Waals surface area contributed by atoms with Crippen molar-refractivity contribution in [2.75, 3.05) is 4.90 Å². The van der Waals surface area contributed by atoms with Gasteiger partial charge in [-0.05, 0) is 60.7 Å². The molecule has 0 unspecified atom stereocenters. The average molecular weight is 459 g/mol. The first kappa shape index (κ1) is 20.6.